The van der Waals surface area contributed by atoms with Gasteiger partial charge in [-0.1, -0.05) is 12.7 Å². The Labute approximate surface area is 177 Å². The largest absolute Gasteiger partial charge is 0.493 e. The lowest BCUT2D eigenvalue weighted by atomic mass is 9.82. The molecule has 0 fully saturated rings. The normalized spacial score (nSPS) is 14.9. The van der Waals surface area contributed by atoms with Crippen molar-refractivity contribution in [1.29, 1.82) is 0 Å². The van der Waals surface area contributed by atoms with Gasteiger partial charge in [0.05, 0.1) is 38.4 Å². The van der Waals surface area contributed by atoms with E-state index in [9.17, 15) is 14.4 Å². The van der Waals surface area contributed by atoms with Gasteiger partial charge in [-0.2, -0.15) is 0 Å². The molecular weight excluding hydrogens is 406 g/mol. The van der Waals surface area contributed by atoms with Gasteiger partial charge in [0.1, 0.15) is 12.4 Å². The molecule has 0 bridgehead atoms. The molecule has 0 spiro atoms. The van der Waals surface area contributed by atoms with E-state index in [-0.39, 0.29) is 23.6 Å². The van der Waals surface area contributed by atoms with Gasteiger partial charge >= 0.3 is 11.7 Å². The molecule has 0 unspecified atom stereocenters. The molecule has 1 aliphatic rings. The van der Waals surface area contributed by atoms with Crippen LogP contribution in [0.1, 0.15) is 24.0 Å². The highest BCUT2D eigenvalue weighted by Crippen LogP contribution is 2.45. The van der Waals surface area contributed by atoms with Crippen molar-refractivity contribution in [2.24, 2.45) is 0 Å². The minimum Gasteiger partial charge on any atom is -0.493 e. The standard InChI is InChI=1S/C21H23N3O7/c1-6-7-31-20(26)14-10(2)22-18-16(19(25)24-21(27)23-18)15(14)11-8-12(28-3)17(30-5)13(9-11)29-4/h6,8-9,15H,1,7H2,2-5H3,(H3,22,23,24,25,27)/t15-/m1/s1. The number of anilines is 1. The number of aromatic nitrogens is 2. The molecule has 164 valence electrons. The summed E-state index contributed by atoms with van der Waals surface area (Å²) < 4.78 is 21.5. The third-order valence-electron chi connectivity index (χ3n) is 4.85. The number of carbonyl (C=O) groups is 1. The molecule has 2 aromatic rings. The van der Waals surface area contributed by atoms with Crippen LogP contribution in [0.4, 0.5) is 5.82 Å². The Morgan fingerprint density at radius 2 is 1.74 bits per heavy atom. The van der Waals surface area contributed by atoms with Crippen molar-refractivity contribution in [3.05, 3.63) is 68.0 Å². The number of carbonyl (C=O) groups excluding carboxylic acids is 1. The second kappa shape index (κ2) is 8.82. The van der Waals surface area contributed by atoms with Crippen molar-refractivity contribution in [1.82, 2.24) is 9.97 Å². The van der Waals surface area contributed by atoms with Crippen LogP contribution in [0.25, 0.3) is 0 Å². The van der Waals surface area contributed by atoms with Crippen LogP contribution in [-0.4, -0.2) is 43.9 Å². The van der Waals surface area contributed by atoms with Crippen LogP contribution >= 0.6 is 0 Å². The summed E-state index contributed by atoms with van der Waals surface area (Å²) in [6.07, 6.45) is 1.44. The predicted molar refractivity (Wildman–Crippen MR) is 113 cm³/mol. The number of hydrogen-bond donors (Lipinski definition) is 3. The van der Waals surface area contributed by atoms with Crippen molar-refractivity contribution in [3.63, 3.8) is 0 Å². The van der Waals surface area contributed by atoms with E-state index < -0.39 is 23.1 Å². The summed E-state index contributed by atoms with van der Waals surface area (Å²) in [5.41, 5.74) is -0.0654. The second-order valence-electron chi connectivity index (χ2n) is 6.64. The predicted octanol–water partition coefficient (Wildman–Crippen LogP) is 1.65. The molecule has 1 aliphatic heterocycles. The number of aromatic amines is 2. The summed E-state index contributed by atoms with van der Waals surface area (Å²) in [6.45, 7) is 5.19. The van der Waals surface area contributed by atoms with Crippen molar-refractivity contribution in [2.75, 3.05) is 33.3 Å². The summed E-state index contributed by atoms with van der Waals surface area (Å²) in [7, 11) is 4.39. The lowest BCUT2D eigenvalue weighted by Crippen LogP contribution is -2.35. The minimum absolute atomic E-state index is 0.00751. The van der Waals surface area contributed by atoms with E-state index in [0.29, 0.717) is 28.5 Å². The van der Waals surface area contributed by atoms with Crippen molar-refractivity contribution in [3.8, 4) is 17.2 Å². The van der Waals surface area contributed by atoms with Gasteiger partial charge in [-0.25, -0.2) is 9.59 Å². The molecule has 0 radical (unpaired) electrons. The Morgan fingerprint density at radius 3 is 2.29 bits per heavy atom. The Morgan fingerprint density at radius 1 is 1.10 bits per heavy atom. The van der Waals surface area contributed by atoms with Crippen molar-refractivity contribution in [2.45, 2.75) is 12.8 Å². The molecule has 1 aromatic heterocycles. The second-order valence-corrected chi connectivity index (χ2v) is 6.64. The molecule has 0 saturated carbocycles. The van der Waals surface area contributed by atoms with Crippen LogP contribution in [0.5, 0.6) is 17.2 Å². The molecule has 1 aromatic carbocycles. The van der Waals surface area contributed by atoms with Crippen LogP contribution in [0.2, 0.25) is 0 Å². The summed E-state index contributed by atoms with van der Waals surface area (Å²) in [4.78, 5) is 42.3. The third kappa shape index (κ3) is 3.91. The average molecular weight is 429 g/mol. The Bertz CT molecular complexity index is 1150. The number of nitrogens with one attached hydrogen (secondary N) is 3. The SMILES string of the molecule is C=CCOC(=O)C1=C(C)Nc2[nH]c(=O)[nH]c(=O)c2[C@@H]1c1cc(OC)c(OC)c(OC)c1. The van der Waals surface area contributed by atoms with Crippen LogP contribution in [0, 0.1) is 0 Å². The van der Waals surface area contributed by atoms with E-state index >= 15 is 0 Å². The van der Waals surface area contributed by atoms with Gasteiger partial charge in [-0.05, 0) is 24.6 Å². The number of benzene rings is 1. The molecule has 3 rings (SSSR count). The molecule has 10 heteroatoms. The Balaban J connectivity index is 2.33. The van der Waals surface area contributed by atoms with Crippen LogP contribution < -0.4 is 30.8 Å². The number of ether oxygens (including phenoxy) is 4. The molecule has 31 heavy (non-hydrogen) atoms. The monoisotopic (exact) mass is 429 g/mol. The number of esters is 1. The zero-order valence-corrected chi connectivity index (χ0v) is 17.6. The van der Waals surface area contributed by atoms with Gasteiger partial charge in [0.25, 0.3) is 5.56 Å². The zero-order valence-electron chi connectivity index (χ0n) is 17.6. The summed E-state index contributed by atoms with van der Waals surface area (Å²) in [5.74, 6) is -0.300. The van der Waals surface area contributed by atoms with E-state index in [1.165, 1.54) is 27.4 Å². The number of allylic oxidation sites excluding steroid dienone is 1. The van der Waals surface area contributed by atoms with Crippen LogP contribution in [-0.2, 0) is 9.53 Å². The summed E-state index contributed by atoms with van der Waals surface area (Å²) in [5, 5.41) is 2.92. The lowest BCUT2D eigenvalue weighted by molar-refractivity contribution is -0.138. The average Bonchev–Trinajstić information content (AvgIpc) is 2.74. The fraction of sp³-hybridized carbons (Fsp3) is 0.286. The fourth-order valence-electron chi connectivity index (χ4n) is 3.57. The molecular formula is C21H23N3O7. The van der Waals surface area contributed by atoms with Gasteiger partial charge in [-0.3, -0.25) is 14.8 Å². The molecule has 3 N–H and O–H groups in total. The lowest BCUT2D eigenvalue weighted by Gasteiger charge is -2.29. The van der Waals surface area contributed by atoms with Crippen LogP contribution in [0.3, 0.4) is 0 Å². The van der Waals surface area contributed by atoms with Gasteiger partial charge in [0.2, 0.25) is 5.75 Å². The molecule has 0 saturated heterocycles. The quantitative estimate of drug-likeness (QED) is 0.447. The first-order valence-corrected chi connectivity index (χ1v) is 9.28. The maximum atomic E-state index is 12.9. The Hall–Kier alpha value is -3.95. The van der Waals surface area contributed by atoms with Crippen molar-refractivity contribution >= 4 is 11.8 Å². The first kappa shape index (κ1) is 21.8. The maximum absolute atomic E-state index is 12.9. The smallest absolute Gasteiger partial charge is 0.337 e. The number of rotatable bonds is 7. The summed E-state index contributed by atoms with van der Waals surface area (Å²) in [6, 6.07) is 3.28. The minimum atomic E-state index is -0.886. The molecule has 10 nitrogen and oxygen atoms in total. The van der Waals surface area contributed by atoms with Crippen molar-refractivity contribution < 1.29 is 23.7 Å². The number of hydrogen-bond acceptors (Lipinski definition) is 8. The first-order valence-electron chi connectivity index (χ1n) is 9.28. The highest BCUT2D eigenvalue weighted by atomic mass is 16.5. The fourth-order valence-corrected chi connectivity index (χ4v) is 3.57. The molecule has 1 atom stereocenters. The van der Waals surface area contributed by atoms with E-state index in [0.717, 1.165) is 0 Å². The topological polar surface area (TPSA) is 132 Å². The van der Waals surface area contributed by atoms with E-state index in [1.807, 2.05) is 0 Å². The van der Waals surface area contributed by atoms with E-state index in [4.69, 9.17) is 18.9 Å². The van der Waals surface area contributed by atoms with E-state index in [1.54, 1.807) is 19.1 Å². The summed E-state index contributed by atoms with van der Waals surface area (Å²) >= 11 is 0. The molecule has 2 heterocycles. The van der Waals surface area contributed by atoms with Gasteiger partial charge in [0.15, 0.2) is 11.5 Å². The van der Waals surface area contributed by atoms with Gasteiger partial charge in [-0.15, -0.1) is 0 Å². The molecule has 0 aliphatic carbocycles. The number of methoxy groups -OCH3 is 3. The van der Waals surface area contributed by atoms with Gasteiger partial charge < -0.3 is 24.3 Å². The van der Waals surface area contributed by atoms with Gasteiger partial charge in [0, 0.05) is 5.70 Å². The highest BCUT2D eigenvalue weighted by molar-refractivity contribution is 5.94. The number of H-pyrrole nitrogens is 2. The Kier molecular flexibility index (Phi) is 6.19. The number of fused-ring (bicyclic) bond motifs is 1. The van der Waals surface area contributed by atoms with E-state index in [2.05, 4.69) is 21.9 Å². The maximum Gasteiger partial charge on any atom is 0.337 e. The highest BCUT2D eigenvalue weighted by Gasteiger charge is 2.37. The third-order valence-corrected chi connectivity index (χ3v) is 4.85. The first-order chi connectivity index (χ1) is 14.9. The molecule has 0 amide bonds. The zero-order chi connectivity index (χ0) is 22.7. The van der Waals surface area contributed by atoms with Crippen LogP contribution in [0.15, 0.2) is 45.6 Å².